The molecule has 9 heteroatoms. The molecular formula is C21H19FN4O3S. The van der Waals surface area contributed by atoms with Crippen molar-refractivity contribution in [3.8, 4) is 11.3 Å². The molecular weight excluding hydrogens is 407 g/mol. The number of halogens is 1. The van der Waals surface area contributed by atoms with Gasteiger partial charge in [-0.3, -0.25) is 19.7 Å². The zero-order chi connectivity index (χ0) is 21.8. The van der Waals surface area contributed by atoms with Gasteiger partial charge < -0.3 is 10.6 Å². The second kappa shape index (κ2) is 8.83. The lowest BCUT2D eigenvalue weighted by Crippen LogP contribution is -2.15. The number of carbonyl (C=O) groups excluding carboxylic acids is 3. The molecule has 0 aliphatic carbocycles. The van der Waals surface area contributed by atoms with Gasteiger partial charge in [0.05, 0.1) is 5.69 Å². The normalized spacial score (nSPS) is 10.4. The van der Waals surface area contributed by atoms with Crippen LogP contribution < -0.4 is 16.0 Å². The summed E-state index contributed by atoms with van der Waals surface area (Å²) < 4.78 is 13.2. The van der Waals surface area contributed by atoms with Gasteiger partial charge in [0, 0.05) is 41.2 Å². The summed E-state index contributed by atoms with van der Waals surface area (Å²) in [6.07, 6.45) is 0. The fraction of sp³-hybridized carbons (Fsp3) is 0.143. The van der Waals surface area contributed by atoms with Crippen molar-refractivity contribution in [3.63, 3.8) is 0 Å². The van der Waals surface area contributed by atoms with Gasteiger partial charge in [-0.15, -0.1) is 11.3 Å². The molecule has 3 amide bonds. The fourth-order valence-corrected chi connectivity index (χ4v) is 3.64. The number of aryl methyl sites for hydroxylation is 1. The van der Waals surface area contributed by atoms with Gasteiger partial charge in [-0.2, -0.15) is 0 Å². The highest BCUT2D eigenvalue weighted by Crippen LogP contribution is 2.31. The van der Waals surface area contributed by atoms with Crippen molar-refractivity contribution in [3.05, 3.63) is 58.7 Å². The molecule has 0 saturated carbocycles. The van der Waals surface area contributed by atoms with Crippen LogP contribution in [0.3, 0.4) is 0 Å². The SMILES string of the molecule is CC(=O)Nc1cc(NC(C)=O)cc(C(=O)Nc2nc(-c3ccc(F)cc3)c(C)s2)c1. The van der Waals surface area contributed by atoms with E-state index in [1.54, 1.807) is 18.2 Å². The number of aromatic nitrogens is 1. The number of amides is 3. The van der Waals surface area contributed by atoms with Crippen molar-refractivity contribution in [2.45, 2.75) is 20.8 Å². The van der Waals surface area contributed by atoms with E-state index in [1.165, 1.54) is 49.4 Å². The summed E-state index contributed by atoms with van der Waals surface area (Å²) in [6.45, 7) is 4.55. The van der Waals surface area contributed by atoms with Crippen LogP contribution in [0.1, 0.15) is 29.1 Å². The van der Waals surface area contributed by atoms with Crippen LogP contribution in [-0.2, 0) is 9.59 Å². The van der Waals surface area contributed by atoms with E-state index in [9.17, 15) is 18.8 Å². The van der Waals surface area contributed by atoms with Crippen molar-refractivity contribution in [2.75, 3.05) is 16.0 Å². The largest absolute Gasteiger partial charge is 0.326 e. The number of nitrogens with one attached hydrogen (secondary N) is 3. The van der Waals surface area contributed by atoms with Crippen LogP contribution in [0.25, 0.3) is 11.3 Å². The molecule has 3 aromatic rings. The maximum atomic E-state index is 13.2. The molecule has 3 rings (SSSR count). The number of nitrogens with zero attached hydrogens (tertiary/aromatic N) is 1. The van der Waals surface area contributed by atoms with Gasteiger partial charge in [0.15, 0.2) is 5.13 Å². The molecule has 2 aromatic carbocycles. The summed E-state index contributed by atoms with van der Waals surface area (Å²) in [6, 6.07) is 10.5. The zero-order valence-corrected chi connectivity index (χ0v) is 17.3. The Labute approximate surface area is 176 Å². The van der Waals surface area contributed by atoms with E-state index in [-0.39, 0.29) is 23.2 Å². The molecule has 3 N–H and O–H groups in total. The second-order valence-corrected chi connectivity index (χ2v) is 7.75. The Hall–Kier alpha value is -3.59. The maximum absolute atomic E-state index is 13.2. The van der Waals surface area contributed by atoms with E-state index in [4.69, 9.17) is 0 Å². The van der Waals surface area contributed by atoms with Gasteiger partial charge in [-0.1, -0.05) is 0 Å². The number of rotatable bonds is 5. The second-order valence-electron chi connectivity index (χ2n) is 6.55. The van der Waals surface area contributed by atoms with Gasteiger partial charge in [0.1, 0.15) is 5.82 Å². The van der Waals surface area contributed by atoms with Crippen LogP contribution in [-0.4, -0.2) is 22.7 Å². The molecule has 0 aliphatic rings. The number of hydrogen-bond acceptors (Lipinski definition) is 5. The van der Waals surface area contributed by atoms with Gasteiger partial charge in [-0.25, -0.2) is 9.37 Å². The Balaban J connectivity index is 1.86. The average Bonchev–Trinajstić information content (AvgIpc) is 3.01. The number of benzene rings is 2. The Morgan fingerprint density at radius 1 is 0.900 bits per heavy atom. The highest BCUT2D eigenvalue weighted by Gasteiger charge is 2.15. The first-order chi connectivity index (χ1) is 14.2. The van der Waals surface area contributed by atoms with Crippen LogP contribution in [0.5, 0.6) is 0 Å². The third kappa shape index (κ3) is 5.26. The quantitative estimate of drug-likeness (QED) is 0.562. The summed E-state index contributed by atoms with van der Waals surface area (Å²) >= 11 is 1.29. The van der Waals surface area contributed by atoms with Crippen LogP contribution in [0, 0.1) is 12.7 Å². The molecule has 30 heavy (non-hydrogen) atoms. The zero-order valence-electron chi connectivity index (χ0n) is 16.5. The van der Waals surface area contributed by atoms with E-state index in [0.717, 1.165) is 10.4 Å². The highest BCUT2D eigenvalue weighted by molar-refractivity contribution is 7.16. The minimum Gasteiger partial charge on any atom is -0.326 e. The molecule has 1 aromatic heterocycles. The number of hydrogen-bond donors (Lipinski definition) is 3. The molecule has 0 saturated heterocycles. The lowest BCUT2D eigenvalue weighted by molar-refractivity contribution is -0.115. The summed E-state index contributed by atoms with van der Waals surface area (Å²) in [5, 5.41) is 8.31. The van der Waals surface area contributed by atoms with Crippen molar-refractivity contribution < 1.29 is 18.8 Å². The highest BCUT2D eigenvalue weighted by atomic mass is 32.1. The first-order valence-electron chi connectivity index (χ1n) is 8.96. The van der Waals surface area contributed by atoms with Gasteiger partial charge in [0.25, 0.3) is 5.91 Å². The Morgan fingerprint density at radius 3 is 2.00 bits per heavy atom. The van der Waals surface area contributed by atoms with Crippen LogP contribution in [0.4, 0.5) is 20.9 Å². The lowest BCUT2D eigenvalue weighted by atomic mass is 10.1. The molecule has 0 radical (unpaired) electrons. The lowest BCUT2D eigenvalue weighted by Gasteiger charge is -2.10. The molecule has 154 valence electrons. The summed E-state index contributed by atoms with van der Waals surface area (Å²) in [5.41, 5.74) is 2.39. The third-order valence-electron chi connectivity index (χ3n) is 3.97. The van der Waals surface area contributed by atoms with Crippen LogP contribution in [0.2, 0.25) is 0 Å². The first kappa shape index (κ1) is 21.1. The van der Waals surface area contributed by atoms with Gasteiger partial charge >= 0.3 is 0 Å². The molecule has 0 aliphatic heterocycles. The van der Waals surface area contributed by atoms with Crippen LogP contribution in [0.15, 0.2) is 42.5 Å². The molecule has 0 spiro atoms. The Bertz CT molecular complexity index is 1090. The molecule has 7 nitrogen and oxygen atoms in total. The standard InChI is InChI=1S/C21H19FN4O3S/c1-11-19(14-4-6-16(22)7-5-14)25-21(30-11)26-20(29)15-8-17(23-12(2)27)10-18(9-15)24-13(3)28/h4-10H,1-3H3,(H,23,27)(H,24,28)(H,25,26,29). The predicted molar refractivity (Wildman–Crippen MR) is 115 cm³/mol. The Kier molecular flexibility index (Phi) is 6.22. The topological polar surface area (TPSA) is 100 Å². The average molecular weight is 426 g/mol. The van der Waals surface area contributed by atoms with E-state index >= 15 is 0 Å². The number of anilines is 3. The van der Waals surface area contributed by atoms with Crippen LogP contribution >= 0.6 is 11.3 Å². The fourth-order valence-electron chi connectivity index (χ4n) is 2.80. The van der Waals surface area contributed by atoms with Crippen molar-refractivity contribution in [1.82, 2.24) is 4.98 Å². The minimum absolute atomic E-state index is 0.237. The third-order valence-corrected chi connectivity index (χ3v) is 4.86. The van der Waals surface area contributed by atoms with Crippen molar-refractivity contribution in [1.29, 1.82) is 0 Å². The first-order valence-corrected chi connectivity index (χ1v) is 9.78. The van der Waals surface area contributed by atoms with Crippen molar-refractivity contribution in [2.24, 2.45) is 0 Å². The van der Waals surface area contributed by atoms with E-state index in [0.29, 0.717) is 22.2 Å². The Morgan fingerprint density at radius 2 is 1.47 bits per heavy atom. The molecule has 0 fully saturated rings. The monoisotopic (exact) mass is 426 g/mol. The molecule has 0 bridgehead atoms. The van der Waals surface area contributed by atoms with Gasteiger partial charge in [-0.05, 0) is 49.4 Å². The van der Waals surface area contributed by atoms with Crippen molar-refractivity contribution >= 4 is 45.6 Å². The molecule has 1 heterocycles. The van der Waals surface area contributed by atoms with E-state index in [2.05, 4.69) is 20.9 Å². The smallest absolute Gasteiger partial charge is 0.257 e. The number of carbonyl (C=O) groups is 3. The summed E-state index contributed by atoms with van der Waals surface area (Å²) in [5.74, 6) is -1.40. The van der Waals surface area contributed by atoms with Gasteiger partial charge in [0.2, 0.25) is 11.8 Å². The summed E-state index contributed by atoms with van der Waals surface area (Å²) in [4.78, 5) is 40.8. The maximum Gasteiger partial charge on any atom is 0.257 e. The molecule has 0 unspecified atom stereocenters. The number of thiazole rings is 1. The predicted octanol–water partition coefficient (Wildman–Crippen LogP) is 4.43. The van der Waals surface area contributed by atoms with E-state index < -0.39 is 5.91 Å². The summed E-state index contributed by atoms with van der Waals surface area (Å²) in [7, 11) is 0. The van der Waals surface area contributed by atoms with E-state index in [1.807, 2.05) is 6.92 Å². The molecule has 0 atom stereocenters. The minimum atomic E-state index is -0.451.